The molecule has 8 heteroatoms. The summed E-state index contributed by atoms with van der Waals surface area (Å²) in [4.78, 5) is 22.2. The van der Waals surface area contributed by atoms with Crippen LogP contribution in [0.4, 0.5) is 5.13 Å². The van der Waals surface area contributed by atoms with Crippen LogP contribution in [0.3, 0.4) is 0 Å². The maximum Gasteiger partial charge on any atom is 0.223 e. The Labute approximate surface area is 141 Å². The molecule has 1 N–H and O–H groups in total. The van der Waals surface area contributed by atoms with Crippen LogP contribution in [-0.4, -0.2) is 25.7 Å². The molecule has 0 atom stereocenters. The average molecular weight is 343 g/mol. The van der Waals surface area contributed by atoms with Crippen molar-refractivity contribution >= 4 is 34.1 Å². The van der Waals surface area contributed by atoms with E-state index in [1.165, 1.54) is 18.3 Å². The van der Waals surface area contributed by atoms with E-state index in [1.54, 1.807) is 18.0 Å². The van der Waals surface area contributed by atoms with Gasteiger partial charge in [0, 0.05) is 37.7 Å². The standard InChI is InChI=1S/C15H13N5OS2/c1-8(21)17-15-18-10-7-22-14-11(9-4-3-5-16-6-9)19-20(2)12(14)13(10)23-15/h3-6H,7H2,1-2H3,(H,17,18,21). The van der Waals surface area contributed by atoms with Gasteiger partial charge < -0.3 is 5.32 Å². The van der Waals surface area contributed by atoms with E-state index < -0.39 is 0 Å². The summed E-state index contributed by atoms with van der Waals surface area (Å²) in [7, 11) is 1.94. The number of nitrogens with one attached hydrogen (secondary N) is 1. The molecule has 1 aliphatic rings. The number of thioether (sulfide) groups is 1. The molecule has 4 heterocycles. The van der Waals surface area contributed by atoms with Gasteiger partial charge in [-0.25, -0.2) is 4.98 Å². The van der Waals surface area contributed by atoms with Crippen LogP contribution < -0.4 is 5.32 Å². The van der Waals surface area contributed by atoms with Crippen LogP contribution in [0.15, 0.2) is 29.4 Å². The maximum atomic E-state index is 11.3. The largest absolute Gasteiger partial charge is 0.302 e. The molecule has 0 spiro atoms. The number of anilines is 1. The van der Waals surface area contributed by atoms with E-state index in [4.69, 9.17) is 0 Å². The quantitative estimate of drug-likeness (QED) is 0.774. The number of aryl methyl sites for hydroxylation is 1. The molecule has 23 heavy (non-hydrogen) atoms. The summed E-state index contributed by atoms with van der Waals surface area (Å²) in [5.74, 6) is 0.669. The van der Waals surface area contributed by atoms with Gasteiger partial charge in [-0.15, -0.1) is 11.8 Å². The number of pyridine rings is 1. The molecule has 0 radical (unpaired) electrons. The van der Waals surface area contributed by atoms with Gasteiger partial charge in [0.15, 0.2) is 5.13 Å². The normalized spacial score (nSPS) is 12.6. The van der Waals surface area contributed by atoms with Crippen LogP contribution >= 0.6 is 23.1 Å². The van der Waals surface area contributed by atoms with E-state index in [0.29, 0.717) is 5.13 Å². The summed E-state index contributed by atoms with van der Waals surface area (Å²) in [5, 5.41) is 8.09. The van der Waals surface area contributed by atoms with E-state index in [9.17, 15) is 4.79 Å². The lowest BCUT2D eigenvalue weighted by atomic mass is 10.2. The topological polar surface area (TPSA) is 72.7 Å². The first-order valence-corrected chi connectivity index (χ1v) is 8.81. The number of carbonyl (C=O) groups excluding carboxylic acids is 1. The van der Waals surface area contributed by atoms with Crippen LogP contribution in [0.1, 0.15) is 12.6 Å². The molecule has 1 amide bonds. The van der Waals surface area contributed by atoms with Crippen LogP contribution in [-0.2, 0) is 17.6 Å². The lowest BCUT2D eigenvalue weighted by Gasteiger charge is -2.11. The van der Waals surface area contributed by atoms with Gasteiger partial charge in [0.25, 0.3) is 0 Å². The molecule has 4 rings (SSSR count). The second-order valence-electron chi connectivity index (χ2n) is 5.16. The number of rotatable bonds is 2. The monoisotopic (exact) mass is 343 g/mol. The zero-order chi connectivity index (χ0) is 16.0. The van der Waals surface area contributed by atoms with Gasteiger partial charge in [-0.1, -0.05) is 11.3 Å². The van der Waals surface area contributed by atoms with Crippen molar-refractivity contribution in [1.82, 2.24) is 19.7 Å². The van der Waals surface area contributed by atoms with Crippen molar-refractivity contribution in [3.05, 3.63) is 30.2 Å². The van der Waals surface area contributed by atoms with Crippen molar-refractivity contribution in [2.75, 3.05) is 5.32 Å². The minimum Gasteiger partial charge on any atom is -0.302 e. The van der Waals surface area contributed by atoms with Crippen LogP contribution in [0.5, 0.6) is 0 Å². The Bertz CT molecular complexity index is 900. The fraction of sp³-hybridized carbons (Fsp3) is 0.200. The molecule has 0 fully saturated rings. The van der Waals surface area contributed by atoms with Gasteiger partial charge in [0.05, 0.1) is 21.2 Å². The first-order chi connectivity index (χ1) is 11.1. The predicted octanol–water partition coefficient (Wildman–Crippen LogP) is 3.17. The van der Waals surface area contributed by atoms with E-state index in [2.05, 4.69) is 20.4 Å². The summed E-state index contributed by atoms with van der Waals surface area (Å²) in [6.07, 6.45) is 3.58. The zero-order valence-electron chi connectivity index (χ0n) is 12.5. The van der Waals surface area contributed by atoms with Crippen LogP contribution in [0, 0.1) is 0 Å². The van der Waals surface area contributed by atoms with Crippen LogP contribution in [0.2, 0.25) is 0 Å². The van der Waals surface area contributed by atoms with Gasteiger partial charge in [0.1, 0.15) is 5.69 Å². The minimum absolute atomic E-state index is 0.106. The Morgan fingerprint density at radius 3 is 3.04 bits per heavy atom. The Balaban J connectivity index is 1.84. The minimum atomic E-state index is -0.106. The Morgan fingerprint density at radius 1 is 1.43 bits per heavy atom. The molecule has 6 nitrogen and oxygen atoms in total. The molecule has 0 saturated carbocycles. The number of fused-ring (bicyclic) bond motifs is 3. The fourth-order valence-corrected chi connectivity index (χ4v) is 4.98. The van der Waals surface area contributed by atoms with Gasteiger partial charge in [-0.3, -0.25) is 14.5 Å². The van der Waals surface area contributed by atoms with E-state index in [-0.39, 0.29) is 5.91 Å². The summed E-state index contributed by atoms with van der Waals surface area (Å²) in [6, 6.07) is 3.93. The molecule has 0 saturated heterocycles. The molecule has 0 aliphatic carbocycles. The first kappa shape index (κ1) is 14.4. The molecular weight excluding hydrogens is 330 g/mol. The Hall–Kier alpha value is -2.19. The highest BCUT2D eigenvalue weighted by molar-refractivity contribution is 7.99. The van der Waals surface area contributed by atoms with E-state index in [0.717, 1.165) is 38.2 Å². The highest BCUT2D eigenvalue weighted by Gasteiger charge is 2.28. The molecule has 0 unspecified atom stereocenters. The van der Waals surface area contributed by atoms with E-state index in [1.807, 2.05) is 30.1 Å². The molecular formula is C15H13N5OS2. The summed E-state index contributed by atoms with van der Waals surface area (Å²) in [6.45, 7) is 1.49. The molecule has 116 valence electrons. The molecule has 0 aromatic carbocycles. The number of thiazole rings is 1. The summed E-state index contributed by atoms with van der Waals surface area (Å²) in [5.41, 5.74) is 4.01. The fourth-order valence-electron chi connectivity index (χ4n) is 2.56. The van der Waals surface area contributed by atoms with Crippen molar-refractivity contribution in [3.8, 4) is 21.8 Å². The third-order valence-corrected chi connectivity index (χ3v) is 5.60. The Morgan fingerprint density at radius 2 is 2.30 bits per heavy atom. The van der Waals surface area contributed by atoms with Crippen molar-refractivity contribution in [3.63, 3.8) is 0 Å². The second-order valence-corrected chi connectivity index (χ2v) is 7.14. The number of amides is 1. The molecule has 3 aromatic heterocycles. The zero-order valence-corrected chi connectivity index (χ0v) is 14.2. The van der Waals surface area contributed by atoms with Gasteiger partial charge in [-0.05, 0) is 12.1 Å². The van der Waals surface area contributed by atoms with Crippen molar-refractivity contribution in [2.45, 2.75) is 17.6 Å². The number of hydrogen-bond acceptors (Lipinski definition) is 6. The molecule has 0 bridgehead atoms. The second kappa shape index (κ2) is 5.47. The van der Waals surface area contributed by atoms with Gasteiger partial charge in [0.2, 0.25) is 5.91 Å². The van der Waals surface area contributed by atoms with Crippen molar-refractivity contribution < 1.29 is 4.79 Å². The van der Waals surface area contributed by atoms with E-state index >= 15 is 0 Å². The predicted molar refractivity (Wildman–Crippen MR) is 91.4 cm³/mol. The summed E-state index contributed by atoms with van der Waals surface area (Å²) >= 11 is 3.22. The number of aromatic nitrogens is 4. The maximum absolute atomic E-state index is 11.3. The first-order valence-electron chi connectivity index (χ1n) is 7.01. The number of nitrogens with zero attached hydrogens (tertiary/aromatic N) is 4. The SMILES string of the molecule is CC(=O)Nc1nc2c(s1)-c1c(c(-c3cccnc3)nn1C)SC2. The number of hydrogen-bond donors (Lipinski definition) is 1. The lowest BCUT2D eigenvalue weighted by molar-refractivity contribution is -0.114. The summed E-state index contributed by atoms with van der Waals surface area (Å²) < 4.78 is 1.89. The number of carbonyl (C=O) groups is 1. The Kier molecular flexibility index (Phi) is 3.42. The highest BCUT2D eigenvalue weighted by Crippen LogP contribution is 2.48. The van der Waals surface area contributed by atoms with Crippen LogP contribution in [0.25, 0.3) is 21.8 Å². The van der Waals surface area contributed by atoms with Crippen molar-refractivity contribution in [1.29, 1.82) is 0 Å². The molecule has 1 aliphatic heterocycles. The van der Waals surface area contributed by atoms with Crippen molar-refractivity contribution in [2.24, 2.45) is 7.05 Å². The third-order valence-electron chi connectivity index (χ3n) is 3.49. The van der Waals surface area contributed by atoms with Gasteiger partial charge >= 0.3 is 0 Å². The highest BCUT2D eigenvalue weighted by atomic mass is 32.2. The average Bonchev–Trinajstić information content (AvgIpc) is 3.08. The lowest BCUT2D eigenvalue weighted by Crippen LogP contribution is -2.05. The third kappa shape index (κ3) is 2.43. The smallest absolute Gasteiger partial charge is 0.223 e. The molecule has 3 aromatic rings. The van der Waals surface area contributed by atoms with Gasteiger partial charge in [-0.2, -0.15) is 5.10 Å².